The lowest BCUT2D eigenvalue weighted by Gasteiger charge is -2.06. The average molecular weight is 270 g/mol. The Morgan fingerprint density at radius 3 is 1.65 bits per heavy atom. The summed E-state index contributed by atoms with van der Waals surface area (Å²) in [5, 5.41) is 10.7. The molecule has 0 fully saturated rings. The normalized spacial score (nSPS) is 11.0. The van der Waals surface area contributed by atoms with E-state index in [2.05, 4.69) is 0 Å². The van der Waals surface area contributed by atoms with E-state index in [1.54, 1.807) is 5.32 Å². The highest BCUT2D eigenvalue weighted by molar-refractivity contribution is 5.73. The molecule has 0 bridgehead atoms. The number of nitrogens with one attached hydrogen (secondary N) is 2. The van der Waals surface area contributed by atoms with Gasteiger partial charge in [-0.05, 0) is 0 Å². The van der Waals surface area contributed by atoms with Gasteiger partial charge in [-0.25, -0.2) is 9.59 Å². The van der Waals surface area contributed by atoms with Gasteiger partial charge in [-0.15, -0.1) is 0 Å². The van der Waals surface area contributed by atoms with Gasteiger partial charge in [0, 0.05) is 7.05 Å². The fourth-order valence-corrected chi connectivity index (χ4v) is 0.269. The van der Waals surface area contributed by atoms with E-state index in [1.807, 2.05) is 5.32 Å². The van der Waals surface area contributed by atoms with Crippen molar-refractivity contribution < 1.29 is 41.0 Å². The summed E-state index contributed by atoms with van der Waals surface area (Å²) in [6, 6.07) is -0.836. The van der Waals surface area contributed by atoms with Crippen LogP contribution in [-0.4, -0.2) is 43.1 Å². The summed E-state index contributed by atoms with van der Waals surface area (Å²) in [5.74, 6) is -2.76. The molecule has 2 amide bonds. The van der Waals surface area contributed by atoms with E-state index in [-0.39, 0.29) is 0 Å². The molecule has 3 N–H and O–H groups in total. The van der Waals surface area contributed by atoms with Gasteiger partial charge in [0.25, 0.3) is 0 Å². The van der Waals surface area contributed by atoms with E-state index in [4.69, 9.17) is 9.90 Å². The number of hydrogen-bond acceptors (Lipinski definition) is 2. The maximum Gasteiger partial charge on any atom is 0.490 e. The van der Waals surface area contributed by atoms with Gasteiger partial charge in [-0.2, -0.15) is 26.3 Å². The molecule has 102 valence electrons. The summed E-state index contributed by atoms with van der Waals surface area (Å²) >= 11 is 0. The highest BCUT2D eigenvalue weighted by Crippen LogP contribution is 2.13. The Balaban J connectivity index is 0. The molecular formula is C6H8F6N2O3. The summed E-state index contributed by atoms with van der Waals surface area (Å²) in [6.45, 7) is -1.30. The van der Waals surface area contributed by atoms with Crippen molar-refractivity contribution in [3.63, 3.8) is 0 Å². The number of aliphatic carboxylic acids is 1. The van der Waals surface area contributed by atoms with Crippen LogP contribution < -0.4 is 10.6 Å². The van der Waals surface area contributed by atoms with E-state index >= 15 is 0 Å². The molecule has 0 saturated carbocycles. The minimum Gasteiger partial charge on any atom is -0.475 e. The van der Waals surface area contributed by atoms with Crippen molar-refractivity contribution in [2.24, 2.45) is 0 Å². The predicted octanol–water partition coefficient (Wildman–Crippen LogP) is 1.11. The third-order valence-electron chi connectivity index (χ3n) is 0.919. The smallest absolute Gasteiger partial charge is 0.475 e. The van der Waals surface area contributed by atoms with Gasteiger partial charge < -0.3 is 15.7 Å². The highest BCUT2D eigenvalue weighted by Gasteiger charge is 2.38. The van der Waals surface area contributed by atoms with Crippen LogP contribution >= 0.6 is 0 Å². The minimum atomic E-state index is -5.08. The quantitative estimate of drug-likeness (QED) is 0.624. The molecule has 11 heteroatoms. The molecule has 0 spiro atoms. The van der Waals surface area contributed by atoms with Crippen LogP contribution in [0.2, 0.25) is 0 Å². The van der Waals surface area contributed by atoms with E-state index in [0.29, 0.717) is 0 Å². The Labute approximate surface area is 90.8 Å². The van der Waals surface area contributed by atoms with Gasteiger partial charge in [-0.1, -0.05) is 0 Å². The maximum absolute atomic E-state index is 11.3. The summed E-state index contributed by atoms with van der Waals surface area (Å²) in [4.78, 5) is 19.0. The van der Waals surface area contributed by atoms with Crippen LogP contribution in [0.25, 0.3) is 0 Å². The molecule has 0 atom stereocenters. The fraction of sp³-hybridized carbons (Fsp3) is 0.667. The Morgan fingerprint density at radius 1 is 1.12 bits per heavy atom. The number of carbonyl (C=O) groups is 2. The zero-order chi connectivity index (χ0) is 14.3. The van der Waals surface area contributed by atoms with Crippen LogP contribution in [0, 0.1) is 0 Å². The zero-order valence-electron chi connectivity index (χ0n) is 8.24. The SMILES string of the molecule is CNC(=O)NCC(F)(F)F.O=C(O)C(F)(F)F. The maximum atomic E-state index is 11.3. The van der Waals surface area contributed by atoms with Gasteiger partial charge >= 0.3 is 24.4 Å². The second-order valence-electron chi connectivity index (χ2n) is 2.35. The fourth-order valence-electron chi connectivity index (χ4n) is 0.269. The molecule has 0 aromatic carbocycles. The number of urea groups is 1. The van der Waals surface area contributed by atoms with Gasteiger partial charge in [0.15, 0.2) is 0 Å². The van der Waals surface area contributed by atoms with Crippen molar-refractivity contribution in [2.45, 2.75) is 12.4 Å². The largest absolute Gasteiger partial charge is 0.490 e. The monoisotopic (exact) mass is 270 g/mol. The molecule has 0 aromatic heterocycles. The van der Waals surface area contributed by atoms with Crippen molar-refractivity contribution in [1.29, 1.82) is 0 Å². The van der Waals surface area contributed by atoms with Crippen molar-refractivity contribution in [3.05, 3.63) is 0 Å². The van der Waals surface area contributed by atoms with Crippen LogP contribution in [0.4, 0.5) is 31.1 Å². The van der Waals surface area contributed by atoms with Gasteiger partial charge in [0.2, 0.25) is 0 Å². The van der Waals surface area contributed by atoms with E-state index in [0.717, 1.165) is 0 Å². The Hall–Kier alpha value is -1.68. The standard InChI is InChI=1S/C4H7F3N2O.C2HF3O2/c1-8-3(10)9-2-4(5,6)7;3-2(4,5)1(6)7/h2H2,1H3,(H2,8,9,10);(H,6,7). The van der Waals surface area contributed by atoms with Crippen molar-refractivity contribution in [3.8, 4) is 0 Å². The van der Waals surface area contributed by atoms with Crippen LogP contribution in [0.3, 0.4) is 0 Å². The van der Waals surface area contributed by atoms with Crippen LogP contribution in [-0.2, 0) is 4.79 Å². The van der Waals surface area contributed by atoms with Gasteiger partial charge in [-0.3, -0.25) is 0 Å². The first-order chi connectivity index (χ1) is 7.40. The predicted molar refractivity (Wildman–Crippen MR) is 42.2 cm³/mol. The third kappa shape index (κ3) is 14.3. The molecule has 0 unspecified atom stereocenters. The molecule has 0 heterocycles. The Kier molecular flexibility index (Phi) is 7.09. The molecule has 0 saturated heterocycles. The van der Waals surface area contributed by atoms with Crippen LogP contribution in [0.5, 0.6) is 0 Å². The molecule has 0 aromatic rings. The van der Waals surface area contributed by atoms with Gasteiger partial charge in [0.05, 0.1) is 0 Å². The first-order valence-corrected chi connectivity index (χ1v) is 3.72. The summed E-state index contributed by atoms with van der Waals surface area (Å²) in [5.41, 5.74) is 0. The first kappa shape index (κ1) is 17.7. The molecule has 17 heavy (non-hydrogen) atoms. The average Bonchev–Trinajstić information content (AvgIpc) is 2.12. The number of carboxylic acids is 1. The molecule has 0 aliphatic carbocycles. The first-order valence-electron chi connectivity index (χ1n) is 3.72. The van der Waals surface area contributed by atoms with Crippen LogP contribution in [0.15, 0.2) is 0 Å². The highest BCUT2D eigenvalue weighted by atomic mass is 19.4. The summed E-state index contributed by atoms with van der Waals surface area (Å²) in [7, 11) is 1.24. The van der Waals surface area contributed by atoms with Crippen molar-refractivity contribution in [1.82, 2.24) is 10.6 Å². The summed E-state index contributed by atoms with van der Waals surface area (Å²) in [6.07, 6.45) is -9.42. The number of halogens is 6. The number of carbonyl (C=O) groups excluding carboxylic acids is 1. The molecular weight excluding hydrogens is 262 g/mol. The zero-order valence-corrected chi connectivity index (χ0v) is 8.24. The molecule has 0 aliphatic heterocycles. The number of hydrogen-bond donors (Lipinski definition) is 3. The van der Waals surface area contributed by atoms with Crippen LogP contribution in [0.1, 0.15) is 0 Å². The van der Waals surface area contributed by atoms with E-state index in [9.17, 15) is 31.1 Å². The molecule has 0 radical (unpaired) electrons. The lowest BCUT2D eigenvalue weighted by Crippen LogP contribution is -2.39. The van der Waals surface area contributed by atoms with E-state index in [1.165, 1.54) is 7.05 Å². The van der Waals surface area contributed by atoms with E-state index < -0.39 is 30.9 Å². The molecule has 0 aliphatic rings. The second-order valence-corrected chi connectivity index (χ2v) is 2.35. The lowest BCUT2D eigenvalue weighted by molar-refractivity contribution is -0.192. The molecule has 5 nitrogen and oxygen atoms in total. The minimum absolute atomic E-state index is 0.836. The summed E-state index contributed by atoms with van der Waals surface area (Å²) < 4.78 is 65.7. The molecule has 0 rings (SSSR count). The van der Waals surface area contributed by atoms with Gasteiger partial charge in [0.1, 0.15) is 6.54 Å². The number of alkyl halides is 6. The number of rotatable bonds is 1. The Bertz CT molecular complexity index is 261. The number of amides is 2. The number of carboxylic acid groups (broad SMARTS) is 1. The topological polar surface area (TPSA) is 78.4 Å². The Morgan fingerprint density at radius 2 is 1.47 bits per heavy atom. The van der Waals surface area contributed by atoms with Crippen molar-refractivity contribution >= 4 is 12.0 Å². The lowest BCUT2D eigenvalue weighted by atomic mass is 10.6. The van der Waals surface area contributed by atoms with Crippen molar-refractivity contribution in [2.75, 3.05) is 13.6 Å². The second kappa shape index (κ2) is 6.81. The third-order valence-corrected chi connectivity index (χ3v) is 0.919.